The third-order valence-corrected chi connectivity index (χ3v) is 3.12. The van der Waals surface area contributed by atoms with Gasteiger partial charge in [0.25, 0.3) is 5.78 Å². The monoisotopic (exact) mass is 372 g/mol. The highest BCUT2D eigenvalue weighted by atomic mass is 127. The first-order chi connectivity index (χ1) is 9.06. The van der Waals surface area contributed by atoms with Crippen LogP contribution >= 0.6 is 22.6 Å². The highest BCUT2D eigenvalue weighted by molar-refractivity contribution is 14.1. The smallest absolute Gasteiger partial charge is 0.325 e. The third-order valence-electron chi connectivity index (χ3n) is 2.40. The third kappa shape index (κ3) is 5.29. The van der Waals surface area contributed by atoms with Gasteiger partial charge in [0, 0.05) is 9.99 Å². The van der Waals surface area contributed by atoms with Crippen molar-refractivity contribution in [2.75, 3.05) is 6.54 Å². The molecule has 0 spiro atoms. The second kappa shape index (κ2) is 7.78. The highest BCUT2D eigenvalue weighted by Gasteiger charge is 2.21. The van der Waals surface area contributed by atoms with Gasteiger partial charge in [-0.15, -0.1) is 0 Å². The van der Waals surface area contributed by atoms with E-state index in [0.717, 1.165) is 15.3 Å². The molecule has 0 saturated heterocycles. The quantitative estimate of drug-likeness (QED) is 0.321. The number of nitrogens with zero attached hydrogens (tertiary/aromatic N) is 2. The van der Waals surface area contributed by atoms with Gasteiger partial charge >= 0.3 is 6.21 Å². The second-order valence-corrected chi connectivity index (χ2v) is 5.05. The van der Waals surface area contributed by atoms with Gasteiger partial charge in [-0.25, -0.2) is 0 Å². The lowest BCUT2D eigenvalue weighted by Crippen LogP contribution is -2.45. The van der Waals surface area contributed by atoms with Crippen LogP contribution in [0, 0.1) is 3.57 Å². The average molecular weight is 372 g/mol. The lowest BCUT2D eigenvalue weighted by molar-refractivity contribution is -0.125. The van der Waals surface area contributed by atoms with Crippen molar-refractivity contribution >= 4 is 40.5 Å². The lowest BCUT2D eigenvalue weighted by Gasteiger charge is -2.14. The normalized spacial score (nSPS) is 11.3. The molecule has 1 rings (SSSR count). The number of nitrogens with two attached hydrogens (primary N) is 1. The van der Waals surface area contributed by atoms with E-state index in [0.29, 0.717) is 6.42 Å². The molecule has 1 amide bonds. The summed E-state index contributed by atoms with van der Waals surface area (Å²) in [4.78, 5) is 25.7. The lowest BCUT2D eigenvalue weighted by atomic mass is 10.0. The van der Waals surface area contributed by atoms with Crippen molar-refractivity contribution < 1.29 is 14.4 Å². The number of ketones is 1. The van der Waals surface area contributed by atoms with Gasteiger partial charge in [-0.05, 0) is 40.3 Å². The summed E-state index contributed by atoms with van der Waals surface area (Å²) in [5.74, 6) is -0.918. The molecule has 0 aliphatic carbocycles. The zero-order valence-corrected chi connectivity index (χ0v) is 12.2. The van der Waals surface area contributed by atoms with Crippen molar-refractivity contribution in [3.63, 3.8) is 0 Å². The number of hydrogen-bond donors (Lipinski definition) is 2. The topological polar surface area (TPSA) is 109 Å². The molecule has 0 bridgehead atoms. The van der Waals surface area contributed by atoms with E-state index in [-0.39, 0.29) is 6.54 Å². The van der Waals surface area contributed by atoms with Crippen molar-refractivity contribution in [1.29, 1.82) is 0 Å². The summed E-state index contributed by atoms with van der Waals surface area (Å²) in [6.07, 6.45) is 1.08. The number of carbonyl (C=O) groups is 2. The molecule has 0 saturated carbocycles. The Morgan fingerprint density at radius 2 is 2.05 bits per heavy atom. The molecule has 100 valence electrons. The molecule has 1 aromatic rings. The Balaban J connectivity index is 2.84. The largest absolute Gasteiger partial charge is 0.361 e. The van der Waals surface area contributed by atoms with E-state index < -0.39 is 17.7 Å². The zero-order chi connectivity index (χ0) is 14.3. The summed E-state index contributed by atoms with van der Waals surface area (Å²) in [7, 11) is 0. The van der Waals surface area contributed by atoms with Crippen molar-refractivity contribution in [1.82, 2.24) is 5.32 Å². The maximum Gasteiger partial charge on any atom is 0.325 e. The molecular formula is C12H13IN4O2. The molecular weight excluding hydrogens is 359 g/mol. The van der Waals surface area contributed by atoms with Gasteiger partial charge in [-0.1, -0.05) is 12.1 Å². The van der Waals surface area contributed by atoms with Gasteiger partial charge < -0.3 is 16.6 Å². The summed E-state index contributed by atoms with van der Waals surface area (Å²) < 4.78 is 1.08. The van der Waals surface area contributed by atoms with Crippen molar-refractivity contribution in [2.24, 2.45) is 5.73 Å². The van der Waals surface area contributed by atoms with Crippen LogP contribution in [0.4, 0.5) is 0 Å². The minimum atomic E-state index is -0.785. The zero-order valence-electron chi connectivity index (χ0n) is 10.0. The fourth-order valence-corrected chi connectivity index (χ4v) is 1.84. The molecule has 0 heterocycles. The van der Waals surface area contributed by atoms with Gasteiger partial charge in [-0.3, -0.25) is 9.59 Å². The van der Waals surface area contributed by atoms with Gasteiger partial charge in [0.2, 0.25) is 5.91 Å². The maximum absolute atomic E-state index is 11.7. The van der Waals surface area contributed by atoms with E-state index in [2.05, 4.69) is 32.7 Å². The molecule has 0 radical (unpaired) electrons. The molecule has 1 atom stereocenters. The predicted octanol–water partition coefficient (Wildman–Crippen LogP) is 0.147. The van der Waals surface area contributed by atoms with Crippen LogP contribution in [0.5, 0.6) is 0 Å². The first-order valence-electron chi connectivity index (χ1n) is 5.52. The Bertz CT molecular complexity index is 509. The molecule has 3 N–H and O–H groups in total. The number of halogens is 1. The number of rotatable bonds is 6. The van der Waals surface area contributed by atoms with E-state index in [9.17, 15) is 9.59 Å². The summed E-state index contributed by atoms with van der Waals surface area (Å²) in [6.45, 7) is -0.202. The highest BCUT2D eigenvalue weighted by Crippen LogP contribution is 2.09. The van der Waals surface area contributed by atoms with Gasteiger partial charge in [0.1, 0.15) is 6.04 Å². The molecule has 19 heavy (non-hydrogen) atoms. The Hall–Kier alpha value is -1.57. The van der Waals surface area contributed by atoms with Crippen LogP contribution in [0.3, 0.4) is 0 Å². The van der Waals surface area contributed by atoms with Crippen LogP contribution in [-0.2, 0) is 16.0 Å². The number of amides is 1. The summed E-state index contributed by atoms with van der Waals surface area (Å²) in [5.41, 5.74) is 14.5. The van der Waals surface area contributed by atoms with E-state index in [1.165, 1.54) is 0 Å². The van der Waals surface area contributed by atoms with E-state index in [1.807, 2.05) is 24.3 Å². The minimum Gasteiger partial charge on any atom is -0.361 e. The van der Waals surface area contributed by atoms with Crippen molar-refractivity contribution in [3.05, 3.63) is 38.9 Å². The van der Waals surface area contributed by atoms with Gasteiger partial charge in [-0.2, -0.15) is 4.79 Å². The fraction of sp³-hybridized carbons (Fsp3) is 0.250. The second-order valence-electron chi connectivity index (χ2n) is 3.80. The summed E-state index contributed by atoms with van der Waals surface area (Å²) >= 11 is 2.18. The molecule has 0 aromatic heterocycles. The minimum absolute atomic E-state index is 0.202. The standard InChI is InChI=1S/C12H13IN4O2/c13-9-3-1-8(2-4-9)5-10(11(18)7-16-15)17-12(19)6-14/h1-4,7,10H,5-6,14H2,(H,17,19)/t10-/m0/s1. The van der Waals surface area contributed by atoms with Crippen molar-refractivity contribution in [2.45, 2.75) is 12.5 Å². The van der Waals surface area contributed by atoms with Crippen LogP contribution in [0.25, 0.3) is 5.53 Å². The Morgan fingerprint density at radius 1 is 1.42 bits per heavy atom. The van der Waals surface area contributed by atoms with Gasteiger partial charge in [0.15, 0.2) is 0 Å². The molecule has 0 unspecified atom stereocenters. The van der Waals surface area contributed by atoms with Gasteiger partial charge in [0.05, 0.1) is 6.54 Å². The first kappa shape index (κ1) is 15.5. The SMILES string of the molecule is [N-]=[N+]=CC(=O)[C@H](Cc1ccc(I)cc1)NC(=O)CN. The van der Waals surface area contributed by atoms with Crippen LogP contribution in [0.15, 0.2) is 24.3 Å². The van der Waals surface area contributed by atoms with Crippen LogP contribution in [0.1, 0.15) is 5.56 Å². The average Bonchev–Trinajstić information content (AvgIpc) is 2.40. The van der Waals surface area contributed by atoms with Crippen molar-refractivity contribution in [3.8, 4) is 0 Å². The Morgan fingerprint density at radius 3 is 2.58 bits per heavy atom. The first-order valence-corrected chi connectivity index (χ1v) is 6.60. The van der Waals surface area contributed by atoms with Crippen LogP contribution in [-0.4, -0.2) is 35.3 Å². The number of carbonyl (C=O) groups excluding carboxylic acids is 2. The molecule has 0 aliphatic rings. The summed E-state index contributed by atoms with van der Waals surface area (Å²) in [6, 6.07) is 6.76. The fourth-order valence-electron chi connectivity index (χ4n) is 1.48. The van der Waals surface area contributed by atoms with E-state index in [1.54, 1.807) is 0 Å². The van der Waals surface area contributed by atoms with Crippen LogP contribution in [0.2, 0.25) is 0 Å². The maximum atomic E-state index is 11.7. The summed E-state index contributed by atoms with van der Waals surface area (Å²) in [5, 5.41) is 2.50. The molecule has 1 aromatic carbocycles. The Kier molecular flexibility index (Phi) is 6.34. The molecule has 7 heteroatoms. The number of Topliss-reactive ketones (excluding diaryl/α,β-unsaturated/α-hetero) is 1. The van der Waals surface area contributed by atoms with E-state index >= 15 is 0 Å². The molecule has 0 aliphatic heterocycles. The van der Waals surface area contributed by atoms with Crippen LogP contribution < -0.4 is 11.1 Å². The molecule has 0 fully saturated rings. The molecule has 6 nitrogen and oxygen atoms in total. The Labute approximate surface area is 124 Å². The number of nitrogens with one attached hydrogen (secondary N) is 1. The number of benzene rings is 1. The predicted molar refractivity (Wildman–Crippen MR) is 78.5 cm³/mol. The van der Waals surface area contributed by atoms with E-state index in [4.69, 9.17) is 11.3 Å². The number of hydrogen-bond acceptors (Lipinski definition) is 3.